The molecule has 0 spiro atoms. The number of hydrogen-bond acceptors (Lipinski definition) is 4. The maximum atomic E-state index is 13.4. The lowest BCUT2D eigenvalue weighted by atomic mass is 10.1. The standard InChI is InChI=1S/C13H16FNO5S/c1-13(2)8-20-6-5-15(13)21(18,19)11-7-9(14)3-4-10(11)12(16)17/h3-4,7H,5-6,8H2,1-2H3,(H,16,17). The van der Waals surface area contributed by atoms with Gasteiger partial charge in [-0.25, -0.2) is 17.6 Å². The fourth-order valence-corrected chi connectivity index (χ4v) is 4.25. The SMILES string of the molecule is CC1(C)COCCN1S(=O)(=O)c1cc(F)ccc1C(=O)O. The molecule has 1 aliphatic heterocycles. The van der Waals surface area contributed by atoms with Crippen LogP contribution in [0.3, 0.4) is 0 Å². The molecule has 1 aliphatic rings. The minimum atomic E-state index is -4.14. The summed E-state index contributed by atoms with van der Waals surface area (Å²) in [5, 5.41) is 9.12. The van der Waals surface area contributed by atoms with Gasteiger partial charge in [0, 0.05) is 6.54 Å². The van der Waals surface area contributed by atoms with Crippen molar-refractivity contribution in [2.45, 2.75) is 24.3 Å². The van der Waals surface area contributed by atoms with Crippen molar-refractivity contribution < 1.29 is 27.4 Å². The first-order chi connectivity index (χ1) is 9.66. The number of aromatic carboxylic acids is 1. The van der Waals surface area contributed by atoms with Gasteiger partial charge in [0.2, 0.25) is 10.0 Å². The molecular weight excluding hydrogens is 301 g/mol. The average molecular weight is 317 g/mol. The number of carbonyl (C=O) groups is 1. The third-order valence-electron chi connectivity index (χ3n) is 3.31. The highest BCUT2D eigenvalue weighted by Crippen LogP contribution is 2.29. The molecule has 2 rings (SSSR count). The number of nitrogens with zero attached hydrogens (tertiary/aromatic N) is 1. The zero-order chi connectivity index (χ0) is 15.8. The fourth-order valence-electron chi connectivity index (χ4n) is 2.29. The number of carboxylic acids is 1. The van der Waals surface area contributed by atoms with E-state index in [0.717, 1.165) is 22.5 Å². The molecule has 1 aromatic rings. The van der Waals surface area contributed by atoms with Gasteiger partial charge in [-0.15, -0.1) is 0 Å². The van der Waals surface area contributed by atoms with Crippen LogP contribution in [0.15, 0.2) is 23.1 Å². The second kappa shape index (κ2) is 5.36. The van der Waals surface area contributed by atoms with Crippen molar-refractivity contribution >= 4 is 16.0 Å². The van der Waals surface area contributed by atoms with Gasteiger partial charge in [0.1, 0.15) is 5.82 Å². The smallest absolute Gasteiger partial charge is 0.337 e. The van der Waals surface area contributed by atoms with Crippen molar-refractivity contribution in [1.29, 1.82) is 0 Å². The van der Waals surface area contributed by atoms with Crippen molar-refractivity contribution in [3.05, 3.63) is 29.6 Å². The van der Waals surface area contributed by atoms with Gasteiger partial charge in [-0.2, -0.15) is 4.31 Å². The Morgan fingerprint density at radius 2 is 2.10 bits per heavy atom. The van der Waals surface area contributed by atoms with E-state index in [2.05, 4.69) is 0 Å². The molecule has 0 aromatic heterocycles. The first kappa shape index (κ1) is 15.9. The lowest BCUT2D eigenvalue weighted by Crippen LogP contribution is -2.55. The van der Waals surface area contributed by atoms with Gasteiger partial charge < -0.3 is 9.84 Å². The number of benzene rings is 1. The Balaban J connectivity index is 2.59. The molecule has 1 saturated heterocycles. The topological polar surface area (TPSA) is 83.9 Å². The van der Waals surface area contributed by atoms with Crippen LogP contribution in [0, 0.1) is 5.82 Å². The molecule has 1 fully saturated rings. The summed E-state index contributed by atoms with van der Waals surface area (Å²) in [6.07, 6.45) is 0. The summed E-state index contributed by atoms with van der Waals surface area (Å²) >= 11 is 0. The minimum Gasteiger partial charge on any atom is -0.478 e. The Morgan fingerprint density at radius 1 is 1.43 bits per heavy atom. The van der Waals surface area contributed by atoms with E-state index in [1.54, 1.807) is 13.8 Å². The molecule has 1 N–H and O–H groups in total. The van der Waals surface area contributed by atoms with E-state index in [1.807, 2.05) is 0 Å². The molecule has 21 heavy (non-hydrogen) atoms. The van der Waals surface area contributed by atoms with E-state index in [4.69, 9.17) is 9.84 Å². The van der Waals surface area contributed by atoms with Crippen molar-refractivity contribution in [2.75, 3.05) is 19.8 Å². The molecule has 0 radical (unpaired) electrons. The largest absolute Gasteiger partial charge is 0.478 e. The van der Waals surface area contributed by atoms with Crippen LogP contribution in [0.2, 0.25) is 0 Å². The first-order valence-corrected chi connectivity index (χ1v) is 7.74. The van der Waals surface area contributed by atoms with E-state index >= 15 is 0 Å². The molecule has 1 aromatic carbocycles. The summed E-state index contributed by atoms with van der Waals surface area (Å²) in [6, 6.07) is 2.62. The summed E-state index contributed by atoms with van der Waals surface area (Å²) in [5.74, 6) is -2.22. The zero-order valence-electron chi connectivity index (χ0n) is 11.7. The number of carboxylic acid groups (broad SMARTS) is 1. The van der Waals surface area contributed by atoms with Gasteiger partial charge in [-0.05, 0) is 32.0 Å². The molecule has 0 saturated carbocycles. The maximum Gasteiger partial charge on any atom is 0.337 e. The third kappa shape index (κ3) is 2.92. The quantitative estimate of drug-likeness (QED) is 0.909. The van der Waals surface area contributed by atoms with Crippen LogP contribution in [-0.4, -0.2) is 49.1 Å². The Bertz CT molecular complexity index is 671. The van der Waals surface area contributed by atoms with E-state index in [-0.39, 0.29) is 19.8 Å². The van der Waals surface area contributed by atoms with Crippen molar-refractivity contribution in [1.82, 2.24) is 4.31 Å². The zero-order valence-corrected chi connectivity index (χ0v) is 12.5. The summed E-state index contributed by atoms with van der Waals surface area (Å²) in [6.45, 7) is 3.82. The molecule has 0 bridgehead atoms. The van der Waals surface area contributed by atoms with E-state index in [9.17, 15) is 17.6 Å². The Labute approximate surface area is 122 Å². The molecule has 0 unspecified atom stereocenters. The minimum absolute atomic E-state index is 0.0882. The summed E-state index contributed by atoms with van der Waals surface area (Å²) in [4.78, 5) is 10.7. The van der Waals surface area contributed by atoms with Gasteiger partial charge >= 0.3 is 5.97 Å². The Morgan fingerprint density at radius 3 is 2.67 bits per heavy atom. The van der Waals surface area contributed by atoms with Gasteiger partial charge in [-0.1, -0.05) is 0 Å². The second-order valence-corrected chi connectivity index (χ2v) is 7.22. The van der Waals surface area contributed by atoms with Crippen LogP contribution in [0.5, 0.6) is 0 Å². The number of halogens is 1. The lowest BCUT2D eigenvalue weighted by molar-refractivity contribution is -0.00775. The fraction of sp³-hybridized carbons (Fsp3) is 0.462. The van der Waals surface area contributed by atoms with E-state index < -0.39 is 37.8 Å². The number of morpholine rings is 1. The highest BCUT2D eigenvalue weighted by atomic mass is 32.2. The van der Waals surface area contributed by atoms with Gasteiger partial charge in [0.25, 0.3) is 0 Å². The van der Waals surface area contributed by atoms with Crippen LogP contribution in [0.1, 0.15) is 24.2 Å². The first-order valence-electron chi connectivity index (χ1n) is 6.30. The summed E-state index contributed by atoms with van der Waals surface area (Å²) < 4.78 is 45.2. The molecule has 0 atom stereocenters. The van der Waals surface area contributed by atoms with E-state index in [1.165, 1.54) is 0 Å². The number of hydrogen-bond donors (Lipinski definition) is 1. The lowest BCUT2D eigenvalue weighted by Gasteiger charge is -2.40. The Kier molecular flexibility index (Phi) is 4.05. The molecular formula is C13H16FNO5S. The Hall–Kier alpha value is -1.51. The predicted octanol–water partition coefficient (Wildman–Crippen LogP) is 1.32. The van der Waals surface area contributed by atoms with Gasteiger partial charge in [-0.3, -0.25) is 0 Å². The van der Waals surface area contributed by atoms with Crippen LogP contribution in [-0.2, 0) is 14.8 Å². The molecule has 1 heterocycles. The van der Waals surface area contributed by atoms with Crippen molar-refractivity contribution in [3.8, 4) is 0 Å². The maximum absolute atomic E-state index is 13.4. The summed E-state index contributed by atoms with van der Waals surface area (Å²) in [7, 11) is -4.14. The molecule has 0 amide bonds. The molecule has 0 aliphatic carbocycles. The molecule has 8 heteroatoms. The van der Waals surface area contributed by atoms with Crippen molar-refractivity contribution in [2.24, 2.45) is 0 Å². The molecule has 6 nitrogen and oxygen atoms in total. The second-order valence-electron chi connectivity index (χ2n) is 5.39. The highest BCUT2D eigenvalue weighted by Gasteiger charge is 2.41. The summed E-state index contributed by atoms with van der Waals surface area (Å²) in [5.41, 5.74) is -1.28. The third-order valence-corrected chi connectivity index (χ3v) is 5.46. The van der Waals surface area contributed by atoms with Crippen LogP contribution in [0.25, 0.3) is 0 Å². The highest BCUT2D eigenvalue weighted by molar-refractivity contribution is 7.89. The number of sulfonamides is 1. The monoisotopic (exact) mass is 317 g/mol. The van der Waals surface area contributed by atoms with Gasteiger partial charge in [0.05, 0.1) is 29.2 Å². The normalized spacial score (nSPS) is 19.4. The van der Waals surface area contributed by atoms with E-state index in [0.29, 0.717) is 0 Å². The van der Waals surface area contributed by atoms with Crippen LogP contribution >= 0.6 is 0 Å². The average Bonchev–Trinajstić information content (AvgIpc) is 2.37. The molecule has 116 valence electrons. The number of rotatable bonds is 3. The van der Waals surface area contributed by atoms with Crippen LogP contribution < -0.4 is 0 Å². The predicted molar refractivity (Wildman–Crippen MR) is 72.1 cm³/mol. The number of ether oxygens (including phenoxy) is 1. The van der Waals surface area contributed by atoms with Gasteiger partial charge in [0.15, 0.2) is 0 Å². The van der Waals surface area contributed by atoms with Crippen molar-refractivity contribution in [3.63, 3.8) is 0 Å². The van der Waals surface area contributed by atoms with Crippen LogP contribution in [0.4, 0.5) is 4.39 Å².